The van der Waals surface area contributed by atoms with Crippen LogP contribution < -0.4 is 0 Å². The lowest BCUT2D eigenvalue weighted by atomic mass is 9.99. The van der Waals surface area contributed by atoms with E-state index in [4.69, 9.17) is 5.26 Å². The Morgan fingerprint density at radius 3 is 2.24 bits per heavy atom. The molecule has 0 atom stereocenters. The highest BCUT2D eigenvalue weighted by Gasteiger charge is 2.01. The minimum atomic E-state index is 0.689. The monoisotopic (exact) mass is 269 g/mol. The number of rotatable bonds is 3. The van der Waals surface area contributed by atoms with Crippen molar-refractivity contribution in [1.82, 2.24) is 0 Å². The summed E-state index contributed by atoms with van der Waals surface area (Å²) < 4.78 is 0. The van der Waals surface area contributed by atoms with E-state index < -0.39 is 0 Å². The highest BCUT2D eigenvalue weighted by Crippen LogP contribution is 2.25. The Morgan fingerprint density at radius 2 is 1.52 bits per heavy atom. The molecule has 0 aliphatic rings. The van der Waals surface area contributed by atoms with Crippen LogP contribution in [-0.2, 0) is 6.42 Å². The molecule has 21 heavy (non-hydrogen) atoms. The standard InChI is InChI=1S/C20H15N/c1-2-3-15-4-9-20-13-19(11-10-18(20)12-15)17-7-5-16(14-21)6-8-17/h2,4-13H,1,3H2. The Labute approximate surface area is 124 Å². The van der Waals surface area contributed by atoms with Gasteiger partial charge in [-0.05, 0) is 52.1 Å². The van der Waals surface area contributed by atoms with E-state index in [0.717, 1.165) is 12.0 Å². The number of allylic oxidation sites excluding steroid dienone is 1. The van der Waals surface area contributed by atoms with Crippen LogP contribution in [0.25, 0.3) is 21.9 Å². The Balaban J connectivity index is 2.02. The van der Waals surface area contributed by atoms with Crippen molar-refractivity contribution >= 4 is 10.8 Å². The third-order valence-corrected chi connectivity index (χ3v) is 3.63. The molecule has 0 aliphatic carbocycles. The van der Waals surface area contributed by atoms with Crippen LogP contribution in [0.5, 0.6) is 0 Å². The molecule has 0 N–H and O–H groups in total. The first-order chi connectivity index (χ1) is 10.3. The molecule has 1 nitrogen and oxygen atoms in total. The minimum Gasteiger partial charge on any atom is -0.192 e. The van der Waals surface area contributed by atoms with Gasteiger partial charge >= 0.3 is 0 Å². The first-order valence-corrected chi connectivity index (χ1v) is 6.94. The fourth-order valence-corrected chi connectivity index (χ4v) is 2.51. The van der Waals surface area contributed by atoms with Gasteiger partial charge in [0.15, 0.2) is 0 Å². The van der Waals surface area contributed by atoms with Crippen LogP contribution in [0.15, 0.2) is 73.3 Å². The third kappa shape index (κ3) is 2.70. The molecule has 0 saturated carbocycles. The summed E-state index contributed by atoms with van der Waals surface area (Å²) in [6.07, 6.45) is 2.82. The maximum Gasteiger partial charge on any atom is 0.0991 e. The van der Waals surface area contributed by atoms with Gasteiger partial charge in [-0.1, -0.05) is 48.5 Å². The highest BCUT2D eigenvalue weighted by atomic mass is 14.2. The van der Waals surface area contributed by atoms with E-state index in [2.05, 4.69) is 49.0 Å². The molecule has 0 aliphatic heterocycles. The quantitative estimate of drug-likeness (QED) is 0.606. The lowest BCUT2D eigenvalue weighted by molar-refractivity contribution is 1.29. The van der Waals surface area contributed by atoms with Gasteiger partial charge in [0.2, 0.25) is 0 Å². The Morgan fingerprint density at radius 1 is 0.857 bits per heavy atom. The fourth-order valence-electron chi connectivity index (χ4n) is 2.51. The maximum atomic E-state index is 8.85. The molecule has 0 radical (unpaired) electrons. The van der Waals surface area contributed by atoms with Crippen LogP contribution in [0.3, 0.4) is 0 Å². The molecule has 0 heterocycles. The molecular formula is C20H15N. The van der Waals surface area contributed by atoms with Gasteiger partial charge in [0.1, 0.15) is 0 Å². The second-order valence-corrected chi connectivity index (χ2v) is 5.08. The number of hydrogen-bond acceptors (Lipinski definition) is 1. The number of hydrogen-bond donors (Lipinski definition) is 0. The Hall–Kier alpha value is -2.85. The largest absolute Gasteiger partial charge is 0.192 e. The molecule has 0 unspecified atom stereocenters. The first kappa shape index (κ1) is 13.1. The molecule has 0 aromatic heterocycles. The summed E-state index contributed by atoms with van der Waals surface area (Å²) >= 11 is 0. The van der Waals surface area contributed by atoms with Gasteiger partial charge in [-0.25, -0.2) is 0 Å². The van der Waals surface area contributed by atoms with E-state index in [9.17, 15) is 0 Å². The zero-order chi connectivity index (χ0) is 14.7. The lowest BCUT2D eigenvalue weighted by Crippen LogP contribution is -1.83. The second kappa shape index (κ2) is 5.64. The van der Waals surface area contributed by atoms with Crippen molar-refractivity contribution in [2.24, 2.45) is 0 Å². The van der Waals surface area contributed by atoms with Crippen molar-refractivity contribution in [2.75, 3.05) is 0 Å². The summed E-state index contributed by atoms with van der Waals surface area (Å²) in [4.78, 5) is 0. The van der Waals surface area contributed by atoms with Crippen molar-refractivity contribution in [3.63, 3.8) is 0 Å². The number of nitriles is 1. The van der Waals surface area contributed by atoms with Crippen molar-refractivity contribution in [3.8, 4) is 17.2 Å². The van der Waals surface area contributed by atoms with E-state index >= 15 is 0 Å². The summed E-state index contributed by atoms with van der Waals surface area (Å²) in [6.45, 7) is 3.78. The minimum absolute atomic E-state index is 0.689. The van der Waals surface area contributed by atoms with Crippen LogP contribution in [0.1, 0.15) is 11.1 Å². The highest BCUT2D eigenvalue weighted by molar-refractivity contribution is 5.88. The smallest absolute Gasteiger partial charge is 0.0991 e. The topological polar surface area (TPSA) is 23.8 Å². The molecule has 0 bridgehead atoms. The normalized spacial score (nSPS) is 10.2. The predicted octanol–water partition coefficient (Wildman–Crippen LogP) is 5.11. The van der Waals surface area contributed by atoms with Gasteiger partial charge in [0.05, 0.1) is 11.6 Å². The first-order valence-electron chi connectivity index (χ1n) is 6.94. The van der Waals surface area contributed by atoms with E-state index in [0.29, 0.717) is 5.56 Å². The molecule has 0 fully saturated rings. The average Bonchev–Trinajstić information content (AvgIpc) is 2.55. The van der Waals surface area contributed by atoms with Gasteiger partial charge in [-0.15, -0.1) is 6.58 Å². The zero-order valence-electron chi connectivity index (χ0n) is 11.7. The lowest BCUT2D eigenvalue weighted by Gasteiger charge is -2.06. The predicted molar refractivity (Wildman–Crippen MR) is 88.0 cm³/mol. The summed E-state index contributed by atoms with van der Waals surface area (Å²) in [7, 11) is 0. The number of fused-ring (bicyclic) bond motifs is 1. The number of nitrogens with zero attached hydrogens (tertiary/aromatic N) is 1. The summed E-state index contributed by atoms with van der Waals surface area (Å²) in [6, 6.07) is 22.8. The van der Waals surface area contributed by atoms with Gasteiger partial charge in [-0.3, -0.25) is 0 Å². The van der Waals surface area contributed by atoms with Crippen LogP contribution in [0, 0.1) is 11.3 Å². The summed E-state index contributed by atoms with van der Waals surface area (Å²) in [5.74, 6) is 0. The van der Waals surface area contributed by atoms with Crippen molar-refractivity contribution in [3.05, 3.63) is 84.4 Å². The molecule has 3 aromatic rings. The van der Waals surface area contributed by atoms with E-state index in [1.807, 2.05) is 30.3 Å². The zero-order valence-corrected chi connectivity index (χ0v) is 11.7. The van der Waals surface area contributed by atoms with Crippen LogP contribution >= 0.6 is 0 Å². The van der Waals surface area contributed by atoms with E-state index in [1.54, 1.807) is 0 Å². The molecule has 3 aromatic carbocycles. The van der Waals surface area contributed by atoms with E-state index in [-0.39, 0.29) is 0 Å². The SMILES string of the molecule is C=CCc1ccc2cc(-c3ccc(C#N)cc3)ccc2c1. The number of benzene rings is 3. The van der Waals surface area contributed by atoms with Crippen LogP contribution in [0.2, 0.25) is 0 Å². The summed E-state index contributed by atoms with van der Waals surface area (Å²) in [5.41, 5.74) is 4.27. The average molecular weight is 269 g/mol. The molecule has 0 spiro atoms. The Bertz CT molecular complexity index is 836. The van der Waals surface area contributed by atoms with Crippen molar-refractivity contribution in [2.45, 2.75) is 6.42 Å². The van der Waals surface area contributed by atoms with Gasteiger partial charge in [0, 0.05) is 0 Å². The van der Waals surface area contributed by atoms with Crippen molar-refractivity contribution < 1.29 is 0 Å². The molecular weight excluding hydrogens is 254 g/mol. The Kier molecular flexibility index (Phi) is 3.53. The van der Waals surface area contributed by atoms with Gasteiger partial charge in [0.25, 0.3) is 0 Å². The maximum absolute atomic E-state index is 8.85. The summed E-state index contributed by atoms with van der Waals surface area (Å²) in [5, 5.41) is 11.3. The molecule has 0 saturated heterocycles. The van der Waals surface area contributed by atoms with Crippen LogP contribution in [-0.4, -0.2) is 0 Å². The van der Waals surface area contributed by atoms with Gasteiger partial charge in [-0.2, -0.15) is 5.26 Å². The van der Waals surface area contributed by atoms with Crippen LogP contribution in [0.4, 0.5) is 0 Å². The van der Waals surface area contributed by atoms with E-state index in [1.165, 1.54) is 21.9 Å². The molecule has 100 valence electrons. The molecule has 0 amide bonds. The third-order valence-electron chi connectivity index (χ3n) is 3.63. The molecule has 3 rings (SSSR count). The van der Waals surface area contributed by atoms with Gasteiger partial charge < -0.3 is 0 Å². The fraction of sp³-hybridized carbons (Fsp3) is 0.0500. The molecule has 1 heteroatoms. The second-order valence-electron chi connectivity index (χ2n) is 5.08. The van der Waals surface area contributed by atoms with Crippen molar-refractivity contribution in [1.29, 1.82) is 5.26 Å².